The van der Waals surface area contributed by atoms with Crippen molar-refractivity contribution in [3.05, 3.63) is 36.5 Å². The predicted octanol–water partition coefficient (Wildman–Crippen LogP) is 20.5. The minimum absolute atomic E-state index is 0.130. The normalized spacial score (nSPS) is 18.2. The molecule has 1 fully saturated rings. The Labute approximate surface area is 549 Å². The van der Waals surface area contributed by atoms with E-state index < -0.39 is 67.4 Å². The fourth-order valence-electron chi connectivity index (χ4n) is 12.5. The van der Waals surface area contributed by atoms with E-state index in [2.05, 4.69) is 50.4 Å². The molecule has 11 nitrogen and oxygen atoms in total. The number of nitrogens with one attached hydrogen (secondary N) is 1. The highest BCUT2D eigenvalue weighted by atomic mass is 16.7. The molecule has 0 aromatic carbocycles. The molecule has 1 saturated heterocycles. The van der Waals surface area contributed by atoms with Crippen LogP contribution < -0.4 is 5.32 Å². The van der Waals surface area contributed by atoms with Crippen molar-refractivity contribution in [1.82, 2.24) is 5.32 Å². The first-order valence-corrected chi connectivity index (χ1v) is 38.8. The lowest BCUT2D eigenvalue weighted by Crippen LogP contribution is -2.61. The van der Waals surface area contributed by atoms with E-state index in [1.165, 1.54) is 276 Å². The second-order valence-electron chi connectivity index (χ2n) is 27.1. The summed E-state index contributed by atoms with van der Waals surface area (Å²) in [7, 11) is 0. The standard InChI is InChI=1S/C78H147NO10/c1-4-7-10-13-16-19-22-24-26-28-30-32-34-36-38-40-42-44-46-48-51-54-57-60-63-66-73(83)89-76-75(85)74(84)72(67-80)88-78(76)87-68-69(70(81)64-61-58-55-52-49-21-18-15-12-9-6-3)79-77(86)71(82)65-62-59-56-53-50-47-45-43-41-39-37-35-33-31-29-27-25-23-20-17-14-11-8-5-2/h17,20,25,27,61,64,69-72,74-76,78,80-82,84-85H,4-16,18-19,21-24,26,28-60,62-63,65-68H2,1-3H3,(H,79,86)/b20-17-,27-25-,64-61+. The molecule has 1 aliphatic heterocycles. The Morgan fingerprint density at radius 2 is 0.775 bits per heavy atom. The van der Waals surface area contributed by atoms with Gasteiger partial charge in [0.25, 0.3) is 0 Å². The van der Waals surface area contributed by atoms with Crippen LogP contribution in [-0.4, -0.2) is 99.6 Å². The number of carbonyl (C=O) groups excluding carboxylic acids is 2. The highest BCUT2D eigenvalue weighted by Gasteiger charge is 2.47. The summed E-state index contributed by atoms with van der Waals surface area (Å²) in [5, 5.41) is 57.3. The molecule has 1 rings (SSSR count). The lowest BCUT2D eigenvalue weighted by molar-refractivity contribution is -0.305. The van der Waals surface area contributed by atoms with Crippen molar-refractivity contribution in [3.63, 3.8) is 0 Å². The summed E-state index contributed by atoms with van der Waals surface area (Å²) in [6.45, 7) is 5.83. The first-order chi connectivity index (χ1) is 43.7. The van der Waals surface area contributed by atoms with Crippen LogP contribution in [0, 0.1) is 0 Å². The average molecular weight is 1260 g/mol. The van der Waals surface area contributed by atoms with Crippen LogP contribution in [0.5, 0.6) is 0 Å². The first-order valence-electron chi connectivity index (χ1n) is 38.8. The maximum Gasteiger partial charge on any atom is 0.306 e. The van der Waals surface area contributed by atoms with Crippen molar-refractivity contribution >= 4 is 11.9 Å². The summed E-state index contributed by atoms with van der Waals surface area (Å²) in [4.78, 5) is 26.7. The minimum Gasteiger partial charge on any atom is -0.454 e. The SMILES string of the molecule is CCCCC/C=C\C/C=C\CCCCCCCCCCCCCCCCC(O)C(=O)NC(COC1OC(CO)C(O)C(O)C1OC(=O)CCCCCCCCCCCCCCCCCCCCCCCCCCC)C(O)/C=C/CCCCCCCCCCC. The molecular formula is C78H147NO10. The number of hydrogen-bond donors (Lipinski definition) is 6. The first kappa shape index (κ1) is 84.9. The average Bonchev–Trinajstić information content (AvgIpc) is 3.72. The number of carbonyl (C=O) groups is 2. The van der Waals surface area contributed by atoms with E-state index in [1.807, 2.05) is 6.08 Å². The molecule has 1 aliphatic rings. The van der Waals surface area contributed by atoms with Gasteiger partial charge in [-0.05, 0) is 57.8 Å². The summed E-state index contributed by atoms with van der Waals surface area (Å²) in [6, 6.07) is -1.02. The summed E-state index contributed by atoms with van der Waals surface area (Å²) >= 11 is 0. The van der Waals surface area contributed by atoms with Gasteiger partial charge in [-0.2, -0.15) is 0 Å². The van der Waals surface area contributed by atoms with Crippen molar-refractivity contribution in [1.29, 1.82) is 0 Å². The largest absolute Gasteiger partial charge is 0.454 e. The summed E-state index contributed by atoms with van der Waals surface area (Å²) in [5.74, 6) is -1.17. The summed E-state index contributed by atoms with van der Waals surface area (Å²) in [6.07, 6.45) is 72.1. The van der Waals surface area contributed by atoms with Gasteiger partial charge in [0.2, 0.25) is 5.91 Å². The lowest BCUT2D eigenvalue weighted by atomic mass is 9.99. The van der Waals surface area contributed by atoms with Crippen molar-refractivity contribution in [2.24, 2.45) is 0 Å². The molecular weight excluding hydrogens is 1110 g/mol. The van der Waals surface area contributed by atoms with Gasteiger partial charge >= 0.3 is 5.97 Å². The molecule has 11 heteroatoms. The van der Waals surface area contributed by atoms with E-state index in [4.69, 9.17) is 14.2 Å². The zero-order valence-corrected chi connectivity index (χ0v) is 58.6. The predicted molar refractivity (Wildman–Crippen MR) is 375 cm³/mol. The number of unbranched alkanes of at least 4 members (excludes halogenated alkanes) is 50. The lowest BCUT2D eigenvalue weighted by Gasteiger charge is -2.41. The highest BCUT2D eigenvalue weighted by Crippen LogP contribution is 2.27. The fourth-order valence-corrected chi connectivity index (χ4v) is 12.5. The monoisotopic (exact) mass is 1260 g/mol. The zero-order valence-electron chi connectivity index (χ0n) is 58.6. The molecule has 0 bridgehead atoms. The second kappa shape index (κ2) is 65.9. The van der Waals surface area contributed by atoms with Gasteiger partial charge in [-0.25, -0.2) is 0 Å². The molecule has 8 atom stereocenters. The third-order valence-corrected chi connectivity index (χ3v) is 18.5. The van der Waals surface area contributed by atoms with Crippen LogP contribution in [0.15, 0.2) is 36.5 Å². The van der Waals surface area contributed by atoms with Crippen LogP contribution in [0.3, 0.4) is 0 Å². The Kier molecular flexibility index (Phi) is 62.9. The Bertz CT molecular complexity index is 1590. The number of amides is 1. The Hall–Kier alpha value is -2.12. The van der Waals surface area contributed by atoms with Gasteiger partial charge in [0, 0.05) is 6.42 Å². The van der Waals surface area contributed by atoms with Gasteiger partial charge in [-0.3, -0.25) is 9.59 Å². The Morgan fingerprint density at radius 1 is 0.438 bits per heavy atom. The fraction of sp³-hybridized carbons (Fsp3) is 0.897. The Balaban J connectivity index is 2.48. The van der Waals surface area contributed by atoms with Gasteiger partial charge in [0.05, 0.1) is 25.4 Å². The molecule has 0 spiro atoms. The van der Waals surface area contributed by atoms with Gasteiger partial charge in [-0.15, -0.1) is 0 Å². The van der Waals surface area contributed by atoms with E-state index in [1.54, 1.807) is 6.08 Å². The number of aliphatic hydroxyl groups is 5. The third kappa shape index (κ3) is 52.9. The van der Waals surface area contributed by atoms with Gasteiger partial charge in [-0.1, -0.05) is 359 Å². The molecule has 0 aromatic rings. The van der Waals surface area contributed by atoms with Crippen LogP contribution in [-0.2, 0) is 23.8 Å². The maximum absolute atomic E-state index is 13.5. The van der Waals surface area contributed by atoms with Crippen LogP contribution in [0.2, 0.25) is 0 Å². The van der Waals surface area contributed by atoms with Crippen molar-refractivity contribution in [2.45, 2.75) is 436 Å². The third-order valence-electron chi connectivity index (χ3n) is 18.5. The van der Waals surface area contributed by atoms with Gasteiger partial charge in [0.1, 0.15) is 24.4 Å². The quantitative estimate of drug-likeness (QED) is 0.0195. The molecule has 1 amide bonds. The van der Waals surface area contributed by atoms with Crippen LogP contribution in [0.4, 0.5) is 0 Å². The van der Waals surface area contributed by atoms with E-state index >= 15 is 0 Å². The van der Waals surface area contributed by atoms with E-state index in [0.29, 0.717) is 19.3 Å². The highest BCUT2D eigenvalue weighted by molar-refractivity contribution is 5.80. The van der Waals surface area contributed by atoms with Crippen LogP contribution >= 0.6 is 0 Å². The van der Waals surface area contributed by atoms with E-state index in [0.717, 1.165) is 64.2 Å². The van der Waals surface area contributed by atoms with Crippen molar-refractivity contribution in [2.75, 3.05) is 13.2 Å². The van der Waals surface area contributed by atoms with E-state index in [9.17, 15) is 35.1 Å². The number of allylic oxidation sites excluding steroid dienone is 5. The van der Waals surface area contributed by atoms with Gasteiger partial charge in [0.15, 0.2) is 12.4 Å². The number of aliphatic hydroxyl groups excluding tert-OH is 5. The smallest absolute Gasteiger partial charge is 0.306 e. The van der Waals surface area contributed by atoms with Gasteiger partial charge < -0.3 is 45.1 Å². The molecule has 524 valence electrons. The summed E-state index contributed by atoms with van der Waals surface area (Å²) < 4.78 is 17.7. The topological polar surface area (TPSA) is 175 Å². The zero-order chi connectivity index (χ0) is 64.6. The molecule has 0 aliphatic carbocycles. The molecule has 0 radical (unpaired) electrons. The number of rotatable bonds is 68. The minimum atomic E-state index is -1.61. The molecule has 6 N–H and O–H groups in total. The van der Waals surface area contributed by atoms with Crippen molar-refractivity contribution < 1.29 is 49.3 Å². The molecule has 1 heterocycles. The number of esters is 1. The number of ether oxygens (including phenoxy) is 3. The summed E-state index contributed by atoms with van der Waals surface area (Å²) in [5.41, 5.74) is 0. The van der Waals surface area contributed by atoms with Crippen LogP contribution in [0.25, 0.3) is 0 Å². The molecule has 0 aromatic heterocycles. The molecule has 0 saturated carbocycles. The number of hydrogen-bond acceptors (Lipinski definition) is 10. The van der Waals surface area contributed by atoms with Crippen LogP contribution in [0.1, 0.15) is 387 Å². The maximum atomic E-state index is 13.5. The second-order valence-corrected chi connectivity index (χ2v) is 27.1. The van der Waals surface area contributed by atoms with Crippen molar-refractivity contribution in [3.8, 4) is 0 Å². The molecule has 8 unspecified atom stereocenters. The Morgan fingerprint density at radius 3 is 1.17 bits per heavy atom. The van der Waals surface area contributed by atoms with E-state index in [-0.39, 0.29) is 13.0 Å². The molecule has 89 heavy (non-hydrogen) atoms.